The van der Waals surface area contributed by atoms with E-state index in [4.69, 9.17) is 0 Å². The van der Waals surface area contributed by atoms with Crippen molar-refractivity contribution in [2.45, 2.75) is 13.3 Å². The minimum atomic E-state index is -0.502. The van der Waals surface area contributed by atoms with Gasteiger partial charge in [-0.05, 0) is 40.6 Å². The van der Waals surface area contributed by atoms with Crippen LogP contribution in [-0.2, 0) is 0 Å². The Morgan fingerprint density at radius 2 is 2.29 bits per heavy atom. The Balaban J connectivity index is 3.01. The molecule has 0 amide bonds. The molecule has 0 bridgehead atoms. The molecule has 0 aliphatic carbocycles. The van der Waals surface area contributed by atoms with Gasteiger partial charge in [0.2, 0.25) is 0 Å². The second-order valence-electron chi connectivity index (χ2n) is 2.78. The lowest BCUT2D eigenvalue weighted by atomic mass is 10.1. The summed E-state index contributed by atoms with van der Waals surface area (Å²) >= 11 is 3.03. The van der Waals surface area contributed by atoms with E-state index in [1.54, 1.807) is 18.2 Å². The quantitative estimate of drug-likeness (QED) is 0.595. The van der Waals surface area contributed by atoms with Crippen molar-refractivity contribution in [3.63, 3.8) is 0 Å². The zero-order valence-corrected chi connectivity index (χ0v) is 9.34. The SMILES string of the molecule is CC/C=C/C(=O)c1cccc(Br)c1F. The van der Waals surface area contributed by atoms with E-state index < -0.39 is 5.82 Å². The standard InChI is InChI=1S/C11H10BrFO/c1-2-3-7-10(14)8-5-4-6-9(12)11(8)13/h3-7H,2H2,1H3/b7-3+. The fourth-order valence-electron chi connectivity index (χ4n) is 1.01. The topological polar surface area (TPSA) is 17.1 Å². The third-order valence-electron chi connectivity index (χ3n) is 1.72. The molecule has 0 heterocycles. The molecule has 0 fully saturated rings. The largest absolute Gasteiger partial charge is 0.289 e. The molecule has 14 heavy (non-hydrogen) atoms. The molecule has 0 spiro atoms. The van der Waals surface area contributed by atoms with E-state index in [-0.39, 0.29) is 11.3 Å². The van der Waals surface area contributed by atoms with Crippen molar-refractivity contribution in [3.05, 3.63) is 46.2 Å². The molecule has 0 aliphatic rings. The highest BCUT2D eigenvalue weighted by atomic mass is 79.9. The van der Waals surface area contributed by atoms with E-state index in [1.807, 2.05) is 6.92 Å². The summed E-state index contributed by atoms with van der Waals surface area (Å²) < 4.78 is 13.7. The number of benzene rings is 1. The van der Waals surface area contributed by atoms with Crippen molar-refractivity contribution in [1.82, 2.24) is 0 Å². The molecule has 0 saturated carbocycles. The van der Waals surface area contributed by atoms with Gasteiger partial charge < -0.3 is 0 Å². The van der Waals surface area contributed by atoms with E-state index in [1.165, 1.54) is 12.1 Å². The van der Waals surface area contributed by atoms with Gasteiger partial charge >= 0.3 is 0 Å². The summed E-state index contributed by atoms with van der Waals surface area (Å²) in [5.74, 6) is -0.802. The first-order valence-corrected chi connectivity index (χ1v) is 5.11. The van der Waals surface area contributed by atoms with Gasteiger partial charge in [-0.15, -0.1) is 0 Å². The molecule has 0 aromatic heterocycles. The van der Waals surface area contributed by atoms with Crippen molar-refractivity contribution in [2.75, 3.05) is 0 Å². The highest BCUT2D eigenvalue weighted by Gasteiger charge is 2.10. The summed E-state index contributed by atoms with van der Waals surface area (Å²) in [6.07, 6.45) is 3.87. The van der Waals surface area contributed by atoms with Gasteiger partial charge in [0, 0.05) is 0 Å². The molecule has 0 aliphatic heterocycles. The summed E-state index contributed by atoms with van der Waals surface area (Å²) in [6.45, 7) is 1.92. The third-order valence-corrected chi connectivity index (χ3v) is 2.33. The predicted molar refractivity (Wildman–Crippen MR) is 57.9 cm³/mol. The van der Waals surface area contributed by atoms with Crippen LogP contribution in [0, 0.1) is 5.82 Å². The monoisotopic (exact) mass is 256 g/mol. The molecule has 0 atom stereocenters. The Morgan fingerprint density at radius 3 is 2.93 bits per heavy atom. The number of ketones is 1. The van der Waals surface area contributed by atoms with Crippen LogP contribution in [0.5, 0.6) is 0 Å². The first-order valence-electron chi connectivity index (χ1n) is 4.31. The van der Waals surface area contributed by atoms with Gasteiger partial charge in [-0.1, -0.05) is 19.1 Å². The second-order valence-corrected chi connectivity index (χ2v) is 3.63. The summed E-state index contributed by atoms with van der Waals surface area (Å²) in [7, 11) is 0. The van der Waals surface area contributed by atoms with Crippen molar-refractivity contribution in [2.24, 2.45) is 0 Å². The summed E-state index contributed by atoms with van der Waals surface area (Å²) in [5.41, 5.74) is 0.101. The smallest absolute Gasteiger partial charge is 0.188 e. The van der Waals surface area contributed by atoms with Crippen LogP contribution in [0.3, 0.4) is 0 Å². The van der Waals surface area contributed by atoms with Gasteiger partial charge in [0.1, 0.15) is 5.82 Å². The Labute approximate surface area is 90.8 Å². The molecule has 3 heteroatoms. The fourth-order valence-corrected chi connectivity index (χ4v) is 1.37. The molecule has 1 nitrogen and oxygen atoms in total. The normalized spacial score (nSPS) is 10.8. The Kier molecular flexibility index (Phi) is 4.01. The van der Waals surface area contributed by atoms with E-state index in [2.05, 4.69) is 15.9 Å². The van der Waals surface area contributed by atoms with Crippen molar-refractivity contribution in [1.29, 1.82) is 0 Å². The lowest BCUT2D eigenvalue weighted by Gasteiger charge is -1.99. The number of carbonyl (C=O) groups is 1. The van der Waals surface area contributed by atoms with Gasteiger partial charge in [-0.2, -0.15) is 0 Å². The fraction of sp³-hybridized carbons (Fsp3) is 0.182. The third kappa shape index (κ3) is 2.51. The van der Waals surface area contributed by atoms with Crippen molar-refractivity contribution in [3.8, 4) is 0 Å². The number of carbonyl (C=O) groups excluding carboxylic acids is 1. The molecule has 1 aromatic carbocycles. The molecular formula is C11H10BrFO. The van der Waals surface area contributed by atoms with Gasteiger partial charge in [0.15, 0.2) is 5.78 Å². The van der Waals surface area contributed by atoms with Crippen LogP contribution in [0.4, 0.5) is 4.39 Å². The number of halogens is 2. The van der Waals surface area contributed by atoms with Gasteiger partial charge in [0.05, 0.1) is 10.0 Å². The Morgan fingerprint density at radius 1 is 1.57 bits per heavy atom. The van der Waals surface area contributed by atoms with Gasteiger partial charge in [0.25, 0.3) is 0 Å². The van der Waals surface area contributed by atoms with E-state index >= 15 is 0 Å². The first-order chi connectivity index (χ1) is 6.66. The highest BCUT2D eigenvalue weighted by Crippen LogP contribution is 2.19. The van der Waals surface area contributed by atoms with Crippen LogP contribution in [-0.4, -0.2) is 5.78 Å². The maximum absolute atomic E-state index is 13.4. The molecule has 0 saturated heterocycles. The molecule has 1 rings (SSSR count). The van der Waals surface area contributed by atoms with Crippen molar-refractivity contribution >= 4 is 21.7 Å². The zero-order valence-electron chi connectivity index (χ0n) is 7.76. The highest BCUT2D eigenvalue weighted by molar-refractivity contribution is 9.10. The molecule has 1 aromatic rings. The van der Waals surface area contributed by atoms with Crippen LogP contribution >= 0.6 is 15.9 Å². The zero-order chi connectivity index (χ0) is 10.6. The van der Waals surface area contributed by atoms with E-state index in [9.17, 15) is 9.18 Å². The molecule has 74 valence electrons. The number of hydrogen-bond donors (Lipinski definition) is 0. The maximum Gasteiger partial charge on any atom is 0.188 e. The summed E-state index contributed by atoms with van der Waals surface area (Å²) in [5, 5.41) is 0. The minimum Gasteiger partial charge on any atom is -0.289 e. The van der Waals surface area contributed by atoms with Gasteiger partial charge in [-0.3, -0.25) is 4.79 Å². The molecule has 0 unspecified atom stereocenters. The lowest BCUT2D eigenvalue weighted by Crippen LogP contribution is -1.98. The average molecular weight is 257 g/mol. The van der Waals surface area contributed by atoms with Crippen LogP contribution in [0.25, 0.3) is 0 Å². The molecule has 0 radical (unpaired) electrons. The maximum atomic E-state index is 13.4. The predicted octanol–water partition coefficient (Wildman–Crippen LogP) is 3.74. The minimum absolute atomic E-state index is 0.101. The number of rotatable bonds is 3. The molecule has 0 N–H and O–H groups in total. The first kappa shape index (κ1) is 11.1. The number of allylic oxidation sites excluding steroid dienone is 2. The van der Waals surface area contributed by atoms with E-state index in [0.717, 1.165) is 6.42 Å². The van der Waals surface area contributed by atoms with Gasteiger partial charge in [-0.25, -0.2) is 4.39 Å². The van der Waals surface area contributed by atoms with Crippen LogP contribution < -0.4 is 0 Å². The Bertz CT molecular complexity index is 372. The average Bonchev–Trinajstić information content (AvgIpc) is 2.18. The molecular weight excluding hydrogens is 247 g/mol. The van der Waals surface area contributed by atoms with Crippen LogP contribution in [0.2, 0.25) is 0 Å². The summed E-state index contributed by atoms with van der Waals surface area (Å²) in [4.78, 5) is 11.4. The van der Waals surface area contributed by atoms with Crippen LogP contribution in [0.1, 0.15) is 23.7 Å². The van der Waals surface area contributed by atoms with Crippen LogP contribution in [0.15, 0.2) is 34.8 Å². The lowest BCUT2D eigenvalue weighted by molar-refractivity contribution is 0.104. The summed E-state index contributed by atoms with van der Waals surface area (Å²) in [6, 6.07) is 4.68. The second kappa shape index (κ2) is 5.05. The Hall–Kier alpha value is -0.960. The number of hydrogen-bond acceptors (Lipinski definition) is 1. The van der Waals surface area contributed by atoms with E-state index in [0.29, 0.717) is 4.47 Å². The van der Waals surface area contributed by atoms with Crippen molar-refractivity contribution < 1.29 is 9.18 Å².